The normalized spacial score (nSPS) is 37.4. The first kappa shape index (κ1) is 16.5. The van der Waals surface area contributed by atoms with Crippen molar-refractivity contribution >= 4 is 11.8 Å². The van der Waals surface area contributed by atoms with Crippen LogP contribution in [-0.2, 0) is 9.59 Å². The van der Waals surface area contributed by atoms with Gasteiger partial charge in [-0.3, -0.25) is 9.59 Å². The highest BCUT2D eigenvalue weighted by molar-refractivity contribution is 5.89. The van der Waals surface area contributed by atoms with Gasteiger partial charge in [0.1, 0.15) is 0 Å². The van der Waals surface area contributed by atoms with E-state index < -0.39 is 0 Å². The Morgan fingerprint density at radius 2 is 2.04 bits per heavy atom. The molecule has 3 aliphatic rings. The molecule has 0 aromatic carbocycles. The van der Waals surface area contributed by atoms with Crippen LogP contribution in [0.1, 0.15) is 45.4 Å². The number of carbonyl (C=O) groups is 2. The van der Waals surface area contributed by atoms with Gasteiger partial charge in [0.15, 0.2) is 0 Å². The van der Waals surface area contributed by atoms with Gasteiger partial charge in [-0.05, 0) is 38.0 Å². The van der Waals surface area contributed by atoms with Crippen LogP contribution in [0.15, 0.2) is 12.2 Å². The number of aliphatic hydroxyl groups excluding tert-OH is 1. The van der Waals surface area contributed by atoms with Crippen LogP contribution >= 0.6 is 0 Å². The quantitative estimate of drug-likeness (QED) is 0.771. The van der Waals surface area contributed by atoms with Crippen LogP contribution in [0.5, 0.6) is 0 Å². The molecule has 2 N–H and O–H groups in total. The van der Waals surface area contributed by atoms with Crippen LogP contribution < -0.4 is 5.32 Å². The van der Waals surface area contributed by atoms with Gasteiger partial charge in [0.2, 0.25) is 11.8 Å². The Kier molecular flexibility index (Phi) is 5.05. The number of amides is 2. The minimum absolute atomic E-state index is 0.000618. The highest BCUT2D eigenvalue weighted by Crippen LogP contribution is 2.31. The van der Waals surface area contributed by atoms with Crippen molar-refractivity contribution in [3.8, 4) is 0 Å². The molecule has 0 aromatic rings. The lowest BCUT2D eigenvalue weighted by Gasteiger charge is -2.33. The van der Waals surface area contributed by atoms with Gasteiger partial charge in [0.25, 0.3) is 0 Å². The number of nitrogens with one attached hydrogen (secondary N) is 1. The lowest BCUT2D eigenvalue weighted by atomic mass is 9.87. The molecule has 1 saturated carbocycles. The summed E-state index contributed by atoms with van der Waals surface area (Å²) in [4.78, 5) is 26.7. The molecule has 5 nitrogen and oxygen atoms in total. The zero-order valence-electron chi connectivity index (χ0n) is 13.9. The maximum absolute atomic E-state index is 12.4. The zero-order valence-corrected chi connectivity index (χ0v) is 13.9. The first-order valence-corrected chi connectivity index (χ1v) is 8.95. The van der Waals surface area contributed by atoms with Crippen molar-refractivity contribution in [2.75, 3.05) is 13.2 Å². The Labute approximate surface area is 138 Å². The van der Waals surface area contributed by atoms with Gasteiger partial charge in [-0.2, -0.15) is 0 Å². The molecule has 1 aliphatic heterocycles. The topological polar surface area (TPSA) is 69.6 Å². The fourth-order valence-electron chi connectivity index (χ4n) is 4.13. The maximum atomic E-state index is 12.4. The van der Waals surface area contributed by atoms with Crippen LogP contribution in [0.4, 0.5) is 0 Å². The van der Waals surface area contributed by atoms with Crippen molar-refractivity contribution in [3.63, 3.8) is 0 Å². The molecular formula is C18H28N2O3. The largest absolute Gasteiger partial charge is 0.396 e. The van der Waals surface area contributed by atoms with E-state index >= 15 is 0 Å². The van der Waals surface area contributed by atoms with E-state index in [2.05, 4.69) is 12.2 Å². The summed E-state index contributed by atoms with van der Waals surface area (Å²) in [5.41, 5.74) is 0. The average molecular weight is 320 g/mol. The Bertz CT molecular complexity index is 483. The number of hydrogen-bond donors (Lipinski definition) is 2. The Hall–Kier alpha value is -1.36. The summed E-state index contributed by atoms with van der Waals surface area (Å²) < 4.78 is 0. The van der Waals surface area contributed by atoms with Crippen LogP contribution in [0, 0.1) is 17.8 Å². The van der Waals surface area contributed by atoms with Crippen LogP contribution in [0.2, 0.25) is 0 Å². The second kappa shape index (κ2) is 7.04. The van der Waals surface area contributed by atoms with Crippen molar-refractivity contribution in [3.05, 3.63) is 12.2 Å². The zero-order chi connectivity index (χ0) is 16.4. The molecule has 3 rings (SSSR count). The summed E-state index contributed by atoms with van der Waals surface area (Å²) in [5, 5.41) is 12.2. The van der Waals surface area contributed by atoms with Crippen LogP contribution in [0.3, 0.4) is 0 Å². The van der Waals surface area contributed by atoms with Gasteiger partial charge in [0.05, 0.1) is 5.92 Å². The minimum atomic E-state index is -0.219. The lowest BCUT2D eigenvalue weighted by Crippen LogP contribution is -2.41. The SMILES string of the molecule is CC1CCC(N2CC(C(=O)N[C@@H]3C=C[C@H](CO)C3)CC2=O)CC1. The molecule has 0 spiro atoms. The molecule has 1 saturated heterocycles. The van der Waals surface area contributed by atoms with E-state index in [0.717, 1.165) is 25.2 Å². The number of likely N-dealkylation sites (tertiary alicyclic amines) is 1. The number of nitrogens with zero attached hydrogens (tertiary/aromatic N) is 1. The summed E-state index contributed by atoms with van der Waals surface area (Å²) in [7, 11) is 0. The smallest absolute Gasteiger partial charge is 0.225 e. The monoisotopic (exact) mass is 320 g/mol. The van der Waals surface area contributed by atoms with E-state index in [1.807, 2.05) is 17.1 Å². The third-order valence-electron chi connectivity index (χ3n) is 5.69. The van der Waals surface area contributed by atoms with E-state index in [-0.39, 0.29) is 36.3 Å². The second-order valence-corrected chi connectivity index (χ2v) is 7.54. The molecule has 0 radical (unpaired) electrons. The van der Waals surface area contributed by atoms with E-state index in [0.29, 0.717) is 19.0 Å². The van der Waals surface area contributed by atoms with Gasteiger partial charge in [-0.25, -0.2) is 0 Å². The summed E-state index contributed by atoms with van der Waals surface area (Å²) in [6.07, 6.45) is 9.53. The summed E-state index contributed by atoms with van der Waals surface area (Å²) in [6.45, 7) is 2.97. The van der Waals surface area contributed by atoms with Crippen molar-refractivity contribution in [2.45, 2.75) is 57.5 Å². The third-order valence-corrected chi connectivity index (χ3v) is 5.69. The van der Waals surface area contributed by atoms with Crippen LogP contribution in [0.25, 0.3) is 0 Å². The van der Waals surface area contributed by atoms with Crippen molar-refractivity contribution in [1.82, 2.24) is 10.2 Å². The third kappa shape index (κ3) is 3.77. The molecule has 23 heavy (non-hydrogen) atoms. The Morgan fingerprint density at radius 1 is 1.30 bits per heavy atom. The molecule has 2 aliphatic carbocycles. The summed E-state index contributed by atoms with van der Waals surface area (Å²) >= 11 is 0. The van der Waals surface area contributed by atoms with E-state index in [9.17, 15) is 9.59 Å². The maximum Gasteiger partial charge on any atom is 0.225 e. The standard InChI is InChI=1S/C18H28N2O3/c1-12-2-6-16(7-3-12)20-10-14(9-17(20)22)18(23)19-15-5-4-13(8-15)11-21/h4-5,12-16,21H,2-3,6-11H2,1H3,(H,19,23)/t12?,13-,14?,15+,16?/m0/s1. The van der Waals surface area contributed by atoms with Gasteiger partial charge >= 0.3 is 0 Å². The predicted octanol–water partition coefficient (Wildman–Crippen LogP) is 1.47. The van der Waals surface area contributed by atoms with E-state index in [1.54, 1.807) is 0 Å². The van der Waals surface area contributed by atoms with Crippen LogP contribution in [-0.4, -0.2) is 47.1 Å². The molecule has 2 amide bonds. The Balaban J connectivity index is 1.51. The van der Waals surface area contributed by atoms with E-state index in [4.69, 9.17) is 5.11 Å². The first-order valence-electron chi connectivity index (χ1n) is 8.95. The van der Waals surface area contributed by atoms with Crippen molar-refractivity contribution < 1.29 is 14.7 Å². The molecule has 3 atom stereocenters. The fraction of sp³-hybridized carbons (Fsp3) is 0.778. The Morgan fingerprint density at radius 3 is 2.70 bits per heavy atom. The highest BCUT2D eigenvalue weighted by atomic mass is 16.3. The molecule has 1 heterocycles. The second-order valence-electron chi connectivity index (χ2n) is 7.54. The minimum Gasteiger partial charge on any atom is -0.396 e. The fourth-order valence-corrected chi connectivity index (χ4v) is 4.13. The molecule has 5 heteroatoms. The molecule has 0 aromatic heterocycles. The number of hydrogen-bond acceptors (Lipinski definition) is 3. The predicted molar refractivity (Wildman–Crippen MR) is 87.5 cm³/mol. The molecule has 128 valence electrons. The van der Waals surface area contributed by atoms with Gasteiger partial charge in [0, 0.05) is 37.6 Å². The van der Waals surface area contributed by atoms with Crippen molar-refractivity contribution in [1.29, 1.82) is 0 Å². The van der Waals surface area contributed by atoms with Gasteiger partial charge < -0.3 is 15.3 Å². The number of carbonyl (C=O) groups excluding carboxylic acids is 2. The average Bonchev–Trinajstić information content (AvgIpc) is 3.15. The van der Waals surface area contributed by atoms with Crippen molar-refractivity contribution in [2.24, 2.45) is 17.8 Å². The number of aliphatic hydroxyl groups is 1. The molecule has 1 unspecified atom stereocenters. The van der Waals surface area contributed by atoms with Gasteiger partial charge in [-0.15, -0.1) is 0 Å². The lowest BCUT2D eigenvalue weighted by molar-refractivity contribution is -0.131. The van der Waals surface area contributed by atoms with E-state index in [1.165, 1.54) is 12.8 Å². The molecular weight excluding hydrogens is 292 g/mol. The highest BCUT2D eigenvalue weighted by Gasteiger charge is 2.39. The molecule has 0 bridgehead atoms. The number of rotatable bonds is 4. The summed E-state index contributed by atoms with van der Waals surface area (Å²) in [6, 6.07) is 0.334. The first-order chi connectivity index (χ1) is 11.1. The summed E-state index contributed by atoms with van der Waals surface area (Å²) in [5.74, 6) is 0.810. The molecule has 2 fully saturated rings. The van der Waals surface area contributed by atoms with Gasteiger partial charge in [-0.1, -0.05) is 19.1 Å².